The minimum atomic E-state index is -0.117. The number of hydrogen-bond acceptors (Lipinski definition) is 4. The van der Waals surface area contributed by atoms with E-state index in [1.807, 2.05) is 49.4 Å². The first-order valence-electron chi connectivity index (χ1n) is 10.2. The fraction of sp³-hybridized carbons (Fsp3) is 0.333. The van der Waals surface area contributed by atoms with Crippen LogP contribution in [0.15, 0.2) is 69.7 Å². The quantitative estimate of drug-likeness (QED) is 0.504. The van der Waals surface area contributed by atoms with Crippen LogP contribution in [-0.4, -0.2) is 34.7 Å². The van der Waals surface area contributed by atoms with Gasteiger partial charge in [0.25, 0.3) is 0 Å². The highest BCUT2D eigenvalue weighted by Gasteiger charge is 2.22. The number of hydrogen-bond donors (Lipinski definition) is 0. The Kier molecular flexibility index (Phi) is 7.49. The monoisotopic (exact) mass is 408 g/mol. The molecule has 0 atom stereocenters. The van der Waals surface area contributed by atoms with Gasteiger partial charge in [-0.2, -0.15) is 0 Å². The summed E-state index contributed by atoms with van der Waals surface area (Å²) in [5.74, 6) is 1.99. The molecular formula is C24H28N2O4. The van der Waals surface area contributed by atoms with Crippen LogP contribution in [0.25, 0.3) is 0 Å². The average molecular weight is 408 g/mol. The Hall–Kier alpha value is -3.28. The van der Waals surface area contributed by atoms with Gasteiger partial charge in [0.15, 0.2) is 0 Å². The van der Waals surface area contributed by atoms with Crippen LogP contribution in [0, 0.1) is 6.92 Å². The second kappa shape index (κ2) is 10.5. The third-order valence-corrected chi connectivity index (χ3v) is 4.92. The zero-order chi connectivity index (χ0) is 21.3. The zero-order valence-electron chi connectivity index (χ0n) is 17.5. The third-order valence-electron chi connectivity index (χ3n) is 4.92. The summed E-state index contributed by atoms with van der Waals surface area (Å²) in [5.41, 5.74) is 1.16. The maximum absolute atomic E-state index is 13.2. The standard InChI is InChI=1S/C24H28N2O4/c1-3-23(27)26(16-21-10-7-15-29-21)18-24(28)25(17-22-12-11-19(2)30-22)14-13-20-8-5-4-6-9-20/h4-12,15H,3,13-14,16-18H2,1-2H3. The van der Waals surface area contributed by atoms with Crippen molar-refractivity contribution in [3.63, 3.8) is 0 Å². The van der Waals surface area contributed by atoms with E-state index in [1.54, 1.807) is 35.1 Å². The van der Waals surface area contributed by atoms with Gasteiger partial charge < -0.3 is 18.6 Å². The van der Waals surface area contributed by atoms with E-state index in [9.17, 15) is 9.59 Å². The van der Waals surface area contributed by atoms with Crippen molar-refractivity contribution in [2.45, 2.75) is 39.8 Å². The minimum absolute atomic E-state index is 0.00184. The molecule has 1 aromatic carbocycles. The fourth-order valence-corrected chi connectivity index (χ4v) is 3.27. The number of carbonyl (C=O) groups is 2. The first-order valence-corrected chi connectivity index (χ1v) is 10.2. The first kappa shape index (κ1) is 21.4. The number of furan rings is 2. The van der Waals surface area contributed by atoms with Crippen molar-refractivity contribution in [2.75, 3.05) is 13.1 Å². The molecule has 6 heteroatoms. The molecule has 6 nitrogen and oxygen atoms in total. The summed E-state index contributed by atoms with van der Waals surface area (Å²) in [5, 5.41) is 0. The molecule has 0 spiro atoms. The van der Waals surface area contributed by atoms with E-state index in [1.165, 1.54) is 0 Å². The van der Waals surface area contributed by atoms with Gasteiger partial charge in [0.1, 0.15) is 23.8 Å². The smallest absolute Gasteiger partial charge is 0.242 e. The molecule has 0 N–H and O–H groups in total. The lowest BCUT2D eigenvalue weighted by Crippen LogP contribution is -2.42. The van der Waals surface area contributed by atoms with Gasteiger partial charge in [-0.05, 0) is 43.2 Å². The second-order valence-electron chi connectivity index (χ2n) is 7.25. The molecule has 0 radical (unpaired) electrons. The Labute approximate surface area is 177 Å². The topological polar surface area (TPSA) is 66.9 Å². The molecule has 2 aromatic heterocycles. The maximum atomic E-state index is 13.2. The highest BCUT2D eigenvalue weighted by atomic mass is 16.3. The molecule has 0 aliphatic rings. The van der Waals surface area contributed by atoms with Gasteiger partial charge in [-0.25, -0.2) is 0 Å². The largest absolute Gasteiger partial charge is 0.467 e. The molecule has 158 valence electrons. The number of aryl methyl sites for hydroxylation is 1. The van der Waals surface area contributed by atoms with Crippen molar-refractivity contribution < 1.29 is 18.4 Å². The second-order valence-corrected chi connectivity index (χ2v) is 7.25. The fourth-order valence-electron chi connectivity index (χ4n) is 3.27. The van der Waals surface area contributed by atoms with Gasteiger partial charge in [-0.15, -0.1) is 0 Å². The van der Waals surface area contributed by atoms with Gasteiger partial charge in [-0.3, -0.25) is 9.59 Å². The lowest BCUT2D eigenvalue weighted by molar-refractivity contribution is -0.141. The molecule has 0 aliphatic carbocycles. The Bertz CT molecular complexity index is 931. The summed E-state index contributed by atoms with van der Waals surface area (Å²) in [7, 11) is 0. The molecular weight excluding hydrogens is 380 g/mol. The highest BCUT2D eigenvalue weighted by molar-refractivity contribution is 5.84. The molecule has 0 unspecified atom stereocenters. The summed E-state index contributed by atoms with van der Waals surface area (Å²) >= 11 is 0. The maximum Gasteiger partial charge on any atom is 0.242 e. The van der Waals surface area contributed by atoms with Crippen LogP contribution in [0.1, 0.15) is 36.2 Å². The first-order chi connectivity index (χ1) is 14.5. The summed E-state index contributed by atoms with van der Waals surface area (Å²) in [6.45, 7) is 4.86. The van der Waals surface area contributed by atoms with Gasteiger partial charge in [0.2, 0.25) is 11.8 Å². The molecule has 2 amide bonds. The van der Waals surface area contributed by atoms with E-state index < -0.39 is 0 Å². The Balaban J connectivity index is 1.71. The molecule has 0 aliphatic heterocycles. The normalized spacial score (nSPS) is 10.7. The number of rotatable bonds is 10. The highest BCUT2D eigenvalue weighted by Crippen LogP contribution is 2.13. The Morgan fingerprint density at radius 2 is 1.63 bits per heavy atom. The predicted octanol–water partition coefficient (Wildman–Crippen LogP) is 4.19. The van der Waals surface area contributed by atoms with E-state index >= 15 is 0 Å². The number of carbonyl (C=O) groups excluding carboxylic acids is 2. The van der Waals surface area contributed by atoms with E-state index in [-0.39, 0.29) is 24.9 Å². The van der Waals surface area contributed by atoms with Crippen molar-refractivity contribution in [3.05, 3.63) is 83.7 Å². The van der Waals surface area contributed by atoms with Crippen LogP contribution in [-0.2, 0) is 29.1 Å². The summed E-state index contributed by atoms with van der Waals surface area (Å²) in [6.07, 6.45) is 2.62. The van der Waals surface area contributed by atoms with Gasteiger partial charge in [0.05, 0.1) is 19.4 Å². The Morgan fingerprint density at radius 1 is 0.867 bits per heavy atom. The van der Waals surface area contributed by atoms with Crippen LogP contribution in [0.5, 0.6) is 0 Å². The van der Waals surface area contributed by atoms with E-state index in [2.05, 4.69) is 0 Å². The number of nitrogens with zero attached hydrogens (tertiary/aromatic N) is 2. The molecule has 0 bridgehead atoms. The number of benzene rings is 1. The SMILES string of the molecule is CCC(=O)N(CC(=O)N(CCc1ccccc1)Cc1ccc(C)o1)Cc1ccco1. The van der Waals surface area contributed by atoms with Crippen LogP contribution in [0.3, 0.4) is 0 Å². The van der Waals surface area contributed by atoms with Crippen LogP contribution in [0.4, 0.5) is 0 Å². The van der Waals surface area contributed by atoms with Crippen molar-refractivity contribution in [1.29, 1.82) is 0 Å². The van der Waals surface area contributed by atoms with Gasteiger partial charge >= 0.3 is 0 Å². The van der Waals surface area contributed by atoms with E-state index in [4.69, 9.17) is 8.83 Å². The van der Waals surface area contributed by atoms with Crippen molar-refractivity contribution in [1.82, 2.24) is 9.80 Å². The number of amides is 2. The van der Waals surface area contributed by atoms with Crippen molar-refractivity contribution >= 4 is 11.8 Å². The van der Waals surface area contributed by atoms with Crippen molar-refractivity contribution in [2.24, 2.45) is 0 Å². The van der Waals surface area contributed by atoms with Crippen LogP contribution >= 0.6 is 0 Å². The molecule has 3 rings (SSSR count). The van der Waals surface area contributed by atoms with Gasteiger partial charge in [-0.1, -0.05) is 37.3 Å². The molecule has 2 heterocycles. The van der Waals surface area contributed by atoms with E-state index in [0.29, 0.717) is 25.3 Å². The molecule has 0 fully saturated rings. The lowest BCUT2D eigenvalue weighted by Gasteiger charge is -2.27. The van der Waals surface area contributed by atoms with Crippen molar-refractivity contribution in [3.8, 4) is 0 Å². The minimum Gasteiger partial charge on any atom is -0.467 e. The predicted molar refractivity (Wildman–Crippen MR) is 113 cm³/mol. The van der Waals surface area contributed by atoms with Crippen LogP contribution in [0.2, 0.25) is 0 Å². The van der Waals surface area contributed by atoms with Crippen LogP contribution < -0.4 is 0 Å². The average Bonchev–Trinajstić information content (AvgIpc) is 3.42. The third kappa shape index (κ3) is 6.11. The molecule has 0 saturated heterocycles. The zero-order valence-corrected chi connectivity index (χ0v) is 17.5. The Morgan fingerprint density at radius 3 is 2.27 bits per heavy atom. The summed E-state index contributed by atoms with van der Waals surface area (Å²) < 4.78 is 11.1. The lowest BCUT2D eigenvalue weighted by atomic mass is 10.1. The summed E-state index contributed by atoms with van der Waals surface area (Å²) in [4.78, 5) is 28.9. The molecule has 3 aromatic rings. The summed E-state index contributed by atoms with van der Waals surface area (Å²) in [6, 6.07) is 17.4. The van der Waals surface area contributed by atoms with E-state index in [0.717, 1.165) is 23.5 Å². The molecule has 0 saturated carbocycles. The van der Waals surface area contributed by atoms with Gasteiger partial charge in [0, 0.05) is 13.0 Å². The molecule has 30 heavy (non-hydrogen) atoms.